The summed E-state index contributed by atoms with van der Waals surface area (Å²) >= 11 is 0. The van der Waals surface area contributed by atoms with Crippen molar-refractivity contribution >= 4 is 5.91 Å². The van der Waals surface area contributed by atoms with Gasteiger partial charge in [-0.15, -0.1) is 0 Å². The highest BCUT2D eigenvalue weighted by atomic mass is 19.1. The van der Waals surface area contributed by atoms with Gasteiger partial charge in [-0.3, -0.25) is 9.69 Å². The van der Waals surface area contributed by atoms with E-state index < -0.39 is 0 Å². The number of carbonyl (C=O) groups excluding carboxylic acids is 1. The van der Waals surface area contributed by atoms with Crippen molar-refractivity contribution < 1.29 is 18.4 Å². The van der Waals surface area contributed by atoms with Crippen molar-refractivity contribution in [2.45, 2.75) is 37.0 Å². The molecule has 2 aromatic carbocycles. The number of ether oxygens (including phenoxy) is 1. The first-order valence-electron chi connectivity index (χ1n) is 12.3. The summed E-state index contributed by atoms with van der Waals surface area (Å²) in [4.78, 5) is 19.6. The fourth-order valence-electron chi connectivity index (χ4n) is 5.19. The largest absolute Gasteiger partial charge is 0.381 e. The monoisotopic (exact) mass is 478 g/mol. The summed E-state index contributed by atoms with van der Waals surface area (Å²) in [7, 11) is 0. The Morgan fingerprint density at radius 2 is 1.97 bits per heavy atom. The molecule has 0 saturated carbocycles. The Hall–Kier alpha value is -3.10. The second kappa shape index (κ2) is 10.7. The van der Waals surface area contributed by atoms with Gasteiger partial charge in [-0.1, -0.05) is 47.6 Å². The van der Waals surface area contributed by atoms with E-state index in [0.717, 1.165) is 32.2 Å². The Morgan fingerprint density at radius 3 is 2.77 bits per heavy atom. The molecular formula is C27H31FN4O3. The van der Waals surface area contributed by atoms with E-state index in [2.05, 4.69) is 44.6 Å². The number of hydrogen-bond acceptors (Lipinski definition) is 6. The number of amides is 1. The Labute approximate surface area is 204 Å². The van der Waals surface area contributed by atoms with Gasteiger partial charge in [-0.2, -0.15) is 4.98 Å². The summed E-state index contributed by atoms with van der Waals surface area (Å²) in [5.74, 6) is 0.672. The van der Waals surface area contributed by atoms with Gasteiger partial charge in [-0.25, -0.2) is 4.39 Å². The summed E-state index contributed by atoms with van der Waals surface area (Å²) < 4.78 is 24.7. The molecule has 8 heteroatoms. The fraction of sp³-hybridized carbons (Fsp3) is 0.444. The van der Waals surface area contributed by atoms with E-state index >= 15 is 0 Å². The number of nitrogens with zero attached hydrogens (tertiary/aromatic N) is 3. The minimum atomic E-state index is -0.335. The van der Waals surface area contributed by atoms with Crippen LogP contribution in [-0.4, -0.2) is 60.3 Å². The predicted octanol–water partition coefficient (Wildman–Crippen LogP) is 3.92. The molecule has 184 valence electrons. The van der Waals surface area contributed by atoms with Gasteiger partial charge in [0.05, 0.1) is 12.5 Å². The maximum atomic E-state index is 13.6. The SMILES string of the molecule is O=C(CN1CCCC(c2nc(-c3cccc(F)c3)no2)C1)NCC1(c2ccccc2)CCOCC1. The lowest BCUT2D eigenvalue weighted by Crippen LogP contribution is -2.48. The average Bonchev–Trinajstić information content (AvgIpc) is 3.40. The van der Waals surface area contributed by atoms with Gasteiger partial charge in [0.2, 0.25) is 17.6 Å². The van der Waals surface area contributed by atoms with Crippen LogP contribution in [0.15, 0.2) is 59.1 Å². The first-order valence-corrected chi connectivity index (χ1v) is 12.3. The van der Waals surface area contributed by atoms with Crippen molar-refractivity contribution in [2.75, 3.05) is 39.4 Å². The zero-order valence-corrected chi connectivity index (χ0v) is 19.8. The molecule has 2 saturated heterocycles. The van der Waals surface area contributed by atoms with Crippen molar-refractivity contribution in [2.24, 2.45) is 0 Å². The summed E-state index contributed by atoms with van der Waals surface area (Å²) in [6.45, 7) is 3.89. The van der Waals surface area contributed by atoms with E-state index in [-0.39, 0.29) is 23.1 Å². The molecule has 1 unspecified atom stereocenters. The van der Waals surface area contributed by atoms with Crippen LogP contribution in [0.5, 0.6) is 0 Å². The zero-order chi connectivity index (χ0) is 24.1. The number of nitrogens with one attached hydrogen (secondary N) is 1. The van der Waals surface area contributed by atoms with Crippen LogP contribution in [0.3, 0.4) is 0 Å². The number of aromatic nitrogens is 2. The standard InChI is InChI=1S/C27H31FN4O3/c28-23-10-4-6-20(16-23)25-30-26(35-31-25)21-7-5-13-32(17-21)18-24(33)29-19-27(11-14-34-15-12-27)22-8-2-1-3-9-22/h1-4,6,8-10,16,21H,5,7,11-15,17-19H2,(H,29,33). The van der Waals surface area contributed by atoms with Crippen molar-refractivity contribution in [1.29, 1.82) is 0 Å². The molecule has 3 heterocycles. The zero-order valence-electron chi connectivity index (χ0n) is 19.8. The second-order valence-corrected chi connectivity index (χ2v) is 9.58. The van der Waals surface area contributed by atoms with E-state index in [1.165, 1.54) is 17.7 Å². The topological polar surface area (TPSA) is 80.5 Å². The van der Waals surface area contributed by atoms with Gasteiger partial charge in [-0.05, 0) is 49.9 Å². The maximum Gasteiger partial charge on any atom is 0.234 e. The lowest BCUT2D eigenvalue weighted by atomic mass is 9.74. The minimum Gasteiger partial charge on any atom is -0.381 e. The van der Waals surface area contributed by atoms with Crippen molar-refractivity contribution in [3.05, 3.63) is 71.9 Å². The first-order chi connectivity index (χ1) is 17.1. The molecule has 2 fully saturated rings. The summed E-state index contributed by atoms with van der Waals surface area (Å²) in [5.41, 5.74) is 1.76. The quantitative estimate of drug-likeness (QED) is 0.555. The number of likely N-dealkylation sites (tertiary alicyclic amines) is 1. The van der Waals surface area contributed by atoms with Crippen molar-refractivity contribution in [3.8, 4) is 11.4 Å². The smallest absolute Gasteiger partial charge is 0.234 e. The number of hydrogen-bond donors (Lipinski definition) is 1. The van der Waals surface area contributed by atoms with Gasteiger partial charge < -0.3 is 14.6 Å². The number of halogens is 1. The van der Waals surface area contributed by atoms with Crippen molar-refractivity contribution in [3.63, 3.8) is 0 Å². The molecule has 2 aliphatic rings. The predicted molar refractivity (Wildman–Crippen MR) is 129 cm³/mol. The lowest BCUT2D eigenvalue weighted by molar-refractivity contribution is -0.123. The summed E-state index contributed by atoms with van der Waals surface area (Å²) in [6.07, 6.45) is 3.66. The van der Waals surface area contributed by atoms with Crippen LogP contribution in [0.25, 0.3) is 11.4 Å². The lowest BCUT2D eigenvalue weighted by Gasteiger charge is -2.38. The maximum absolute atomic E-state index is 13.6. The van der Waals surface area contributed by atoms with Gasteiger partial charge in [0.25, 0.3) is 0 Å². The molecule has 1 amide bonds. The van der Waals surface area contributed by atoms with Crippen LogP contribution in [0.1, 0.15) is 43.1 Å². The molecule has 1 atom stereocenters. The highest BCUT2D eigenvalue weighted by molar-refractivity contribution is 5.78. The Bertz CT molecular complexity index is 1130. The number of rotatable bonds is 7. The molecule has 35 heavy (non-hydrogen) atoms. The van der Waals surface area contributed by atoms with E-state index in [9.17, 15) is 9.18 Å². The molecule has 1 aromatic heterocycles. The molecule has 0 bridgehead atoms. The molecule has 0 radical (unpaired) electrons. The van der Waals surface area contributed by atoms with Gasteiger partial charge in [0.15, 0.2) is 0 Å². The van der Waals surface area contributed by atoms with Crippen LogP contribution < -0.4 is 5.32 Å². The Balaban J connectivity index is 1.18. The van der Waals surface area contributed by atoms with Gasteiger partial charge in [0.1, 0.15) is 5.82 Å². The number of benzene rings is 2. The van der Waals surface area contributed by atoms with Crippen LogP contribution in [0, 0.1) is 5.82 Å². The first kappa shape index (κ1) is 23.6. The number of carbonyl (C=O) groups is 1. The molecule has 0 spiro atoms. The highest BCUT2D eigenvalue weighted by Crippen LogP contribution is 2.34. The van der Waals surface area contributed by atoms with Crippen molar-refractivity contribution in [1.82, 2.24) is 20.4 Å². The van der Waals surface area contributed by atoms with Crippen LogP contribution in [-0.2, 0) is 14.9 Å². The van der Waals surface area contributed by atoms with Gasteiger partial charge >= 0.3 is 0 Å². The van der Waals surface area contributed by atoms with E-state index in [1.807, 2.05) is 6.07 Å². The second-order valence-electron chi connectivity index (χ2n) is 9.58. The molecule has 0 aliphatic carbocycles. The average molecular weight is 479 g/mol. The Kier molecular flexibility index (Phi) is 7.20. The minimum absolute atomic E-state index is 0.0263. The molecule has 7 nitrogen and oxygen atoms in total. The molecule has 5 rings (SSSR count). The van der Waals surface area contributed by atoms with Gasteiger partial charge in [0, 0.05) is 37.3 Å². The molecule has 3 aromatic rings. The summed E-state index contributed by atoms with van der Waals surface area (Å²) in [6, 6.07) is 16.6. The fourth-order valence-corrected chi connectivity index (χ4v) is 5.19. The molecule has 1 N–H and O–H groups in total. The van der Waals surface area contributed by atoms with Crippen LogP contribution >= 0.6 is 0 Å². The molecular weight excluding hydrogens is 447 g/mol. The van der Waals surface area contributed by atoms with E-state index in [0.29, 0.717) is 50.1 Å². The normalized spacial score (nSPS) is 20.4. The third-order valence-electron chi connectivity index (χ3n) is 7.21. The molecule has 2 aliphatic heterocycles. The Morgan fingerprint density at radius 1 is 1.14 bits per heavy atom. The van der Waals surface area contributed by atoms with E-state index in [4.69, 9.17) is 9.26 Å². The third-order valence-corrected chi connectivity index (χ3v) is 7.21. The summed E-state index contributed by atoms with van der Waals surface area (Å²) in [5, 5.41) is 7.25. The van der Waals surface area contributed by atoms with Crippen LogP contribution in [0.4, 0.5) is 4.39 Å². The number of piperidine rings is 1. The highest BCUT2D eigenvalue weighted by Gasteiger charge is 2.35. The van der Waals surface area contributed by atoms with E-state index in [1.54, 1.807) is 12.1 Å². The van der Waals surface area contributed by atoms with Crippen LogP contribution in [0.2, 0.25) is 0 Å². The third kappa shape index (κ3) is 5.60.